The monoisotopic (exact) mass is 567 g/mol. The summed E-state index contributed by atoms with van der Waals surface area (Å²) in [5.41, 5.74) is 2.87. The van der Waals surface area contributed by atoms with Gasteiger partial charge in [0.2, 0.25) is 0 Å². The first-order valence-corrected chi connectivity index (χ1v) is 14.0. The summed E-state index contributed by atoms with van der Waals surface area (Å²) in [5.74, 6) is 0.522. The van der Waals surface area contributed by atoms with Gasteiger partial charge in [0, 0.05) is 69.0 Å². The van der Waals surface area contributed by atoms with Crippen molar-refractivity contribution in [3.05, 3.63) is 83.2 Å². The Morgan fingerprint density at radius 1 is 1.05 bits per heavy atom. The number of likely N-dealkylation sites (N-methyl/N-ethyl adjacent to an activating group) is 1. The summed E-state index contributed by atoms with van der Waals surface area (Å²) in [7, 11) is 2.15. The minimum Gasteiger partial charge on any atom is -0.491 e. The number of carbonyl (C=O) groups is 1. The van der Waals surface area contributed by atoms with Gasteiger partial charge in [0.1, 0.15) is 12.4 Å². The second-order valence-corrected chi connectivity index (χ2v) is 10.9. The van der Waals surface area contributed by atoms with Gasteiger partial charge in [0.25, 0.3) is 5.91 Å². The number of rotatable bonds is 8. The van der Waals surface area contributed by atoms with Gasteiger partial charge < -0.3 is 19.9 Å². The lowest BCUT2D eigenvalue weighted by molar-refractivity contribution is -0.137. The molecule has 2 aromatic carbocycles. The number of nitrogens with zero attached hydrogens (tertiary/aromatic N) is 4. The van der Waals surface area contributed by atoms with Crippen LogP contribution in [0, 0.1) is 6.92 Å². The molecule has 1 unspecified atom stereocenters. The highest BCUT2D eigenvalue weighted by Crippen LogP contribution is 2.34. The predicted molar refractivity (Wildman–Crippen MR) is 154 cm³/mol. The number of piperazine rings is 1. The van der Waals surface area contributed by atoms with Crippen LogP contribution in [0.15, 0.2) is 60.9 Å². The van der Waals surface area contributed by atoms with Crippen molar-refractivity contribution < 1.29 is 22.7 Å². The van der Waals surface area contributed by atoms with E-state index in [1.165, 1.54) is 12.1 Å². The number of aryl methyl sites for hydroxylation is 1. The van der Waals surface area contributed by atoms with Crippen molar-refractivity contribution in [1.82, 2.24) is 14.8 Å². The number of hydrogen-bond acceptors (Lipinski definition) is 6. The number of carbonyl (C=O) groups excluding carboxylic acids is 1. The van der Waals surface area contributed by atoms with E-state index in [1.807, 2.05) is 31.3 Å². The van der Waals surface area contributed by atoms with Crippen LogP contribution in [0.4, 0.5) is 24.5 Å². The Morgan fingerprint density at radius 3 is 2.63 bits per heavy atom. The van der Waals surface area contributed by atoms with Crippen LogP contribution in [0.2, 0.25) is 0 Å². The topological polar surface area (TPSA) is 60.9 Å². The number of alkyl halides is 3. The fraction of sp³-hybridized carbons (Fsp3) is 0.419. The molecule has 10 heteroatoms. The molecular weight excluding hydrogens is 531 g/mol. The molecule has 0 spiro atoms. The third kappa shape index (κ3) is 7.37. The van der Waals surface area contributed by atoms with Gasteiger partial charge in [-0.3, -0.25) is 14.7 Å². The molecule has 2 aliphatic rings. The Morgan fingerprint density at radius 2 is 1.85 bits per heavy atom. The van der Waals surface area contributed by atoms with Crippen LogP contribution in [0.3, 0.4) is 0 Å². The molecule has 1 N–H and O–H groups in total. The number of amides is 1. The maximum absolute atomic E-state index is 13.1. The van der Waals surface area contributed by atoms with E-state index in [4.69, 9.17) is 4.74 Å². The Hall–Kier alpha value is -3.63. The standard InChI is InChI=1S/C31H36F3N5O2/c1-22-6-7-23(30(40)36-26-5-3-4-25(17-26)31(32,33)34)16-29(22)24-8-9-39(21-24)27-18-28(20-35-19-27)41-15-14-38-12-10-37(2)11-13-38/h3-7,16-20,24H,8-15,21H2,1-2H3,(H,36,40). The smallest absolute Gasteiger partial charge is 0.416 e. The summed E-state index contributed by atoms with van der Waals surface area (Å²) in [5, 5.41) is 2.61. The van der Waals surface area contributed by atoms with Gasteiger partial charge in [-0.05, 0) is 61.9 Å². The lowest BCUT2D eigenvalue weighted by Crippen LogP contribution is -2.45. The summed E-state index contributed by atoms with van der Waals surface area (Å²) < 4.78 is 45.3. The van der Waals surface area contributed by atoms with E-state index >= 15 is 0 Å². The van der Waals surface area contributed by atoms with Gasteiger partial charge in [-0.25, -0.2) is 0 Å². The molecule has 0 radical (unpaired) electrons. The number of hydrogen-bond donors (Lipinski definition) is 1. The molecule has 3 aromatic rings. The lowest BCUT2D eigenvalue weighted by Gasteiger charge is -2.32. The Bertz CT molecular complexity index is 1360. The average Bonchev–Trinajstić information content (AvgIpc) is 3.44. The SMILES string of the molecule is Cc1ccc(C(=O)Nc2cccc(C(F)(F)F)c2)cc1C1CCN(c2cncc(OCCN3CCN(C)CC3)c2)C1. The molecule has 0 saturated carbocycles. The van der Waals surface area contributed by atoms with Crippen molar-refractivity contribution in [2.75, 3.05) is 69.7 Å². The zero-order valence-corrected chi connectivity index (χ0v) is 23.5. The molecule has 7 nitrogen and oxygen atoms in total. The van der Waals surface area contributed by atoms with Crippen molar-refractivity contribution >= 4 is 17.3 Å². The Labute approximate surface area is 238 Å². The van der Waals surface area contributed by atoms with Crippen LogP contribution in [0.25, 0.3) is 0 Å². The van der Waals surface area contributed by atoms with Gasteiger partial charge in [-0.1, -0.05) is 12.1 Å². The van der Waals surface area contributed by atoms with Crippen molar-refractivity contribution in [3.63, 3.8) is 0 Å². The first-order chi connectivity index (χ1) is 19.7. The molecule has 41 heavy (non-hydrogen) atoms. The van der Waals surface area contributed by atoms with Crippen LogP contribution < -0.4 is 15.0 Å². The third-order valence-electron chi connectivity index (χ3n) is 7.95. The van der Waals surface area contributed by atoms with Gasteiger partial charge in [-0.2, -0.15) is 13.2 Å². The number of aromatic nitrogens is 1. The van der Waals surface area contributed by atoms with Crippen molar-refractivity contribution in [1.29, 1.82) is 0 Å². The second kappa shape index (κ2) is 12.5. The fourth-order valence-electron chi connectivity index (χ4n) is 5.47. The number of halogens is 3. The van der Waals surface area contributed by atoms with E-state index in [2.05, 4.69) is 32.0 Å². The molecule has 2 fully saturated rings. The van der Waals surface area contributed by atoms with Crippen LogP contribution in [0.5, 0.6) is 5.75 Å². The molecular formula is C31H36F3N5O2. The average molecular weight is 568 g/mol. The fourth-order valence-corrected chi connectivity index (χ4v) is 5.47. The van der Waals surface area contributed by atoms with Gasteiger partial charge in [0.05, 0.1) is 23.6 Å². The van der Waals surface area contributed by atoms with E-state index in [-0.39, 0.29) is 11.6 Å². The quantitative estimate of drug-likeness (QED) is 0.400. The van der Waals surface area contributed by atoms with E-state index < -0.39 is 17.6 Å². The lowest BCUT2D eigenvalue weighted by atomic mass is 9.92. The molecule has 3 heterocycles. The van der Waals surface area contributed by atoms with E-state index in [0.717, 1.165) is 86.9 Å². The van der Waals surface area contributed by atoms with Crippen LogP contribution >= 0.6 is 0 Å². The summed E-state index contributed by atoms with van der Waals surface area (Å²) in [6.45, 7) is 9.41. The summed E-state index contributed by atoms with van der Waals surface area (Å²) in [4.78, 5) is 24.4. The molecule has 5 rings (SSSR count). The van der Waals surface area contributed by atoms with Crippen molar-refractivity contribution in [2.45, 2.75) is 25.4 Å². The van der Waals surface area contributed by atoms with Gasteiger partial charge >= 0.3 is 6.18 Å². The van der Waals surface area contributed by atoms with Crippen LogP contribution in [0.1, 0.15) is 39.4 Å². The maximum atomic E-state index is 13.1. The predicted octanol–water partition coefficient (Wildman–Crippen LogP) is 5.28. The molecule has 2 aliphatic heterocycles. The highest BCUT2D eigenvalue weighted by molar-refractivity contribution is 6.04. The molecule has 1 amide bonds. The van der Waals surface area contributed by atoms with E-state index in [1.54, 1.807) is 12.3 Å². The largest absolute Gasteiger partial charge is 0.491 e. The minimum atomic E-state index is -4.47. The summed E-state index contributed by atoms with van der Waals surface area (Å²) in [6, 6.07) is 12.2. The van der Waals surface area contributed by atoms with E-state index in [0.29, 0.717) is 12.2 Å². The molecule has 0 aliphatic carbocycles. The molecule has 1 atom stereocenters. The van der Waals surface area contributed by atoms with Crippen molar-refractivity contribution in [2.24, 2.45) is 0 Å². The molecule has 2 saturated heterocycles. The van der Waals surface area contributed by atoms with Gasteiger partial charge in [0.15, 0.2) is 0 Å². The Kier molecular flexibility index (Phi) is 8.79. The van der Waals surface area contributed by atoms with Gasteiger partial charge in [-0.15, -0.1) is 0 Å². The zero-order valence-electron chi connectivity index (χ0n) is 23.5. The molecule has 1 aromatic heterocycles. The zero-order chi connectivity index (χ0) is 29.0. The number of ether oxygens (including phenoxy) is 1. The number of benzene rings is 2. The van der Waals surface area contributed by atoms with Crippen molar-refractivity contribution in [3.8, 4) is 5.75 Å². The highest BCUT2D eigenvalue weighted by atomic mass is 19.4. The Balaban J connectivity index is 1.20. The summed E-state index contributed by atoms with van der Waals surface area (Å²) in [6.07, 6.45) is 0.0328. The number of pyridine rings is 1. The highest BCUT2D eigenvalue weighted by Gasteiger charge is 2.31. The third-order valence-corrected chi connectivity index (χ3v) is 7.95. The normalized spacial score (nSPS) is 18.5. The molecule has 0 bridgehead atoms. The maximum Gasteiger partial charge on any atom is 0.416 e. The number of nitrogens with one attached hydrogen (secondary N) is 1. The molecule has 218 valence electrons. The first kappa shape index (κ1) is 28.9. The second-order valence-electron chi connectivity index (χ2n) is 10.9. The van der Waals surface area contributed by atoms with E-state index in [9.17, 15) is 18.0 Å². The van der Waals surface area contributed by atoms with Crippen LogP contribution in [-0.2, 0) is 6.18 Å². The first-order valence-electron chi connectivity index (χ1n) is 14.0. The van der Waals surface area contributed by atoms with Crippen LogP contribution in [-0.4, -0.2) is 80.2 Å². The summed E-state index contributed by atoms with van der Waals surface area (Å²) >= 11 is 0. The minimum absolute atomic E-state index is 0.108. The number of anilines is 2.